The van der Waals surface area contributed by atoms with Gasteiger partial charge in [0.2, 0.25) is 5.91 Å². The lowest BCUT2D eigenvalue weighted by molar-refractivity contribution is -0.118. The number of amides is 1. The number of aryl methyl sites for hydroxylation is 1. The van der Waals surface area contributed by atoms with E-state index in [1.807, 2.05) is 47.4 Å². The molecule has 0 spiro atoms. The van der Waals surface area contributed by atoms with Gasteiger partial charge in [-0.2, -0.15) is 0 Å². The minimum atomic E-state index is 0.169. The van der Waals surface area contributed by atoms with Gasteiger partial charge in [0.05, 0.1) is 6.42 Å². The Balaban J connectivity index is 1.76. The summed E-state index contributed by atoms with van der Waals surface area (Å²) < 4.78 is 0. The van der Waals surface area contributed by atoms with Crippen LogP contribution in [0.25, 0.3) is 0 Å². The molecule has 0 atom stereocenters. The van der Waals surface area contributed by atoms with Crippen LogP contribution in [0, 0.1) is 0 Å². The van der Waals surface area contributed by atoms with E-state index in [4.69, 9.17) is 5.73 Å². The van der Waals surface area contributed by atoms with Crippen LogP contribution >= 0.6 is 0 Å². The number of carbonyl (C=O) groups excluding carboxylic acids is 1. The highest BCUT2D eigenvalue weighted by Crippen LogP contribution is 2.27. The summed E-state index contributed by atoms with van der Waals surface area (Å²) in [6.45, 7) is 1.35. The molecule has 3 rings (SSSR count). The molecule has 0 saturated carbocycles. The van der Waals surface area contributed by atoms with Crippen molar-refractivity contribution in [2.75, 3.05) is 11.4 Å². The fraction of sp³-hybridized carbons (Fsp3) is 0.278. The van der Waals surface area contributed by atoms with Crippen molar-refractivity contribution in [3.05, 3.63) is 65.2 Å². The summed E-state index contributed by atoms with van der Waals surface area (Å²) in [6.07, 6.45) is 2.54. The molecular weight excluding hydrogens is 260 g/mol. The number of hydrogen-bond donors (Lipinski definition) is 1. The maximum Gasteiger partial charge on any atom is 0.231 e. The number of fused-ring (bicyclic) bond motifs is 1. The van der Waals surface area contributed by atoms with Crippen molar-refractivity contribution in [1.29, 1.82) is 0 Å². The molecule has 2 aromatic carbocycles. The smallest absolute Gasteiger partial charge is 0.231 e. The van der Waals surface area contributed by atoms with E-state index in [2.05, 4.69) is 6.07 Å². The van der Waals surface area contributed by atoms with E-state index in [9.17, 15) is 4.79 Å². The Hall–Kier alpha value is -2.13. The van der Waals surface area contributed by atoms with Crippen molar-refractivity contribution in [2.24, 2.45) is 5.73 Å². The van der Waals surface area contributed by atoms with Gasteiger partial charge < -0.3 is 10.6 Å². The molecule has 2 aromatic rings. The van der Waals surface area contributed by atoms with Gasteiger partial charge in [-0.05, 0) is 35.6 Å². The highest BCUT2D eigenvalue weighted by Gasteiger charge is 2.21. The van der Waals surface area contributed by atoms with Crippen molar-refractivity contribution in [1.82, 2.24) is 0 Å². The second kappa shape index (κ2) is 6.10. The first-order valence-electron chi connectivity index (χ1n) is 7.44. The number of nitrogens with zero attached hydrogens (tertiary/aromatic N) is 1. The molecule has 0 fully saturated rings. The van der Waals surface area contributed by atoms with Crippen molar-refractivity contribution in [3.8, 4) is 0 Å². The minimum Gasteiger partial charge on any atom is -0.326 e. The van der Waals surface area contributed by atoms with E-state index in [1.54, 1.807) is 0 Å². The third-order valence-electron chi connectivity index (χ3n) is 4.03. The predicted octanol–water partition coefficient (Wildman–Crippen LogP) is 2.67. The average Bonchev–Trinajstić information content (AvgIpc) is 2.55. The molecular formula is C18H20N2O. The zero-order valence-electron chi connectivity index (χ0n) is 12.1. The Kier molecular flexibility index (Phi) is 4.02. The Morgan fingerprint density at radius 3 is 2.52 bits per heavy atom. The van der Waals surface area contributed by atoms with E-state index in [0.717, 1.165) is 36.2 Å². The summed E-state index contributed by atoms with van der Waals surface area (Å²) in [6, 6.07) is 16.2. The van der Waals surface area contributed by atoms with Gasteiger partial charge >= 0.3 is 0 Å². The lowest BCUT2D eigenvalue weighted by Crippen LogP contribution is -2.36. The van der Waals surface area contributed by atoms with Crippen LogP contribution in [0.15, 0.2) is 48.5 Å². The normalized spacial score (nSPS) is 13.9. The fourth-order valence-corrected chi connectivity index (χ4v) is 2.86. The van der Waals surface area contributed by atoms with Crippen LogP contribution in [0.4, 0.5) is 5.69 Å². The summed E-state index contributed by atoms with van der Waals surface area (Å²) in [5.74, 6) is 0.169. The molecule has 0 radical (unpaired) electrons. The second-order valence-electron chi connectivity index (χ2n) is 5.48. The molecule has 1 heterocycles. The lowest BCUT2D eigenvalue weighted by Gasteiger charge is -2.29. The summed E-state index contributed by atoms with van der Waals surface area (Å²) in [4.78, 5) is 14.5. The first-order chi connectivity index (χ1) is 10.3. The molecule has 1 aliphatic heterocycles. The van der Waals surface area contributed by atoms with Crippen LogP contribution in [-0.2, 0) is 24.2 Å². The summed E-state index contributed by atoms with van der Waals surface area (Å²) in [5, 5.41) is 0. The molecule has 0 saturated heterocycles. The Morgan fingerprint density at radius 1 is 1.05 bits per heavy atom. The van der Waals surface area contributed by atoms with Crippen LogP contribution in [0.3, 0.4) is 0 Å². The highest BCUT2D eigenvalue weighted by atomic mass is 16.2. The molecule has 0 unspecified atom stereocenters. The molecule has 1 aliphatic rings. The molecule has 108 valence electrons. The minimum absolute atomic E-state index is 0.169. The number of hydrogen-bond acceptors (Lipinski definition) is 2. The summed E-state index contributed by atoms with van der Waals surface area (Å²) in [5.41, 5.74) is 10.1. The number of carbonyl (C=O) groups is 1. The van der Waals surface area contributed by atoms with Gasteiger partial charge in [0.25, 0.3) is 0 Å². The average molecular weight is 280 g/mol. The molecule has 0 aliphatic carbocycles. The standard InChI is InChI=1S/C18H20N2O/c19-13-15-9-7-14(8-10-15)12-18(21)20-11-3-5-16-4-1-2-6-17(16)20/h1-2,4,6-10H,3,5,11-13,19H2. The number of nitrogens with two attached hydrogens (primary N) is 1. The van der Waals surface area contributed by atoms with Crippen LogP contribution in [0.5, 0.6) is 0 Å². The number of benzene rings is 2. The van der Waals surface area contributed by atoms with E-state index in [1.165, 1.54) is 5.56 Å². The zero-order valence-corrected chi connectivity index (χ0v) is 12.1. The van der Waals surface area contributed by atoms with Gasteiger partial charge in [-0.15, -0.1) is 0 Å². The van der Waals surface area contributed by atoms with E-state index in [-0.39, 0.29) is 5.91 Å². The van der Waals surface area contributed by atoms with E-state index in [0.29, 0.717) is 13.0 Å². The first-order valence-corrected chi connectivity index (χ1v) is 7.44. The second-order valence-corrected chi connectivity index (χ2v) is 5.48. The molecule has 0 aromatic heterocycles. The maximum absolute atomic E-state index is 12.6. The van der Waals surface area contributed by atoms with Gasteiger partial charge in [-0.1, -0.05) is 42.5 Å². The third-order valence-corrected chi connectivity index (χ3v) is 4.03. The Morgan fingerprint density at radius 2 is 1.76 bits per heavy atom. The molecule has 1 amide bonds. The SMILES string of the molecule is NCc1ccc(CC(=O)N2CCCc3ccccc32)cc1. The van der Waals surface area contributed by atoms with Crippen molar-refractivity contribution >= 4 is 11.6 Å². The van der Waals surface area contributed by atoms with E-state index < -0.39 is 0 Å². The molecule has 0 bridgehead atoms. The van der Waals surface area contributed by atoms with Gasteiger partial charge in [0, 0.05) is 18.8 Å². The van der Waals surface area contributed by atoms with E-state index >= 15 is 0 Å². The lowest BCUT2D eigenvalue weighted by atomic mass is 10.0. The predicted molar refractivity (Wildman–Crippen MR) is 85.2 cm³/mol. The van der Waals surface area contributed by atoms with Crippen LogP contribution in [0.1, 0.15) is 23.1 Å². The Labute approximate surface area is 125 Å². The molecule has 3 heteroatoms. The van der Waals surface area contributed by atoms with Crippen LogP contribution in [0.2, 0.25) is 0 Å². The quantitative estimate of drug-likeness (QED) is 0.939. The van der Waals surface area contributed by atoms with Gasteiger partial charge in [-0.25, -0.2) is 0 Å². The number of para-hydroxylation sites is 1. The van der Waals surface area contributed by atoms with Crippen molar-refractivity contribution < 1.29 is 4.79 Å². The summed E-state index contributed by atoms with van der Waals surface area (Å²) >= 11 is 0. The van der Waals surface area contributed by atoms with Gasteiger partial charge in [-0.3, -0.25) is 4.79 Å². The number of anilines is 1. The number of rotatable bonds is 3. The third kappa shape index (κ3) is 2.98. The van der Waals surface area contributed by atoms with Crippen molar-refractivity contribution in [2.45, 2.75) is 25.8 Å². The Bertz CT molecular complexity index is 634. The van der Waals surface area contributed by atoms with Gasteiger partial charge in [0.1, 0.15) is 0 Å². The van der Waals surface area contributed by atoms with Gasteiger partial charge in [0.15, 0.2) is 0 Å². The first kappa shape index (κ1) is 13.8. The summed E-state index contributed by atoms with van der Waals surface area (Å²) in [7, 11) is 0. The monoisotopic (exact) mass is 280 g/mol. The largest absolute Gasteiger partial charge is 0.326 e. The van der Waals surface area contributed by atoms with Crippen molar-refractivity contribution in [3.63, 3.8) is 0 Å². The molecule has 3 nitrogen and oxygen atoms in total. The van der Waals surface area contributed by atoms with Crippen LogP contribution in [-0.4, -0.2) is 12.5 Å². The molecule has 2 N–H and O–H groups in total. The maximum atomic E-state index is 12.6. The topological polar surface area (TPSA) is 46.3 Å². The van der Waals surface area contributed by atoms with Crippen LogP contribution < -0.4 is 10.6 Å². The molecule has 21 heavy (non-hydrogen) atoms. The zero-order chi connectivity index (χ0) is 14.7. The fourth-order valence-electron chi connectivity index (χ4n) is 2.86. The highest BCUT2D eigenvalue weighted by molar-refractivity contribution is 5.95.